The molecular weight excluding hydrogens is 218 g/mol. The molecule has 2 unspecified atom stereocenters. The van der Waals surface area contributed by atoms with E-state index in [4.69, 9.17) is 0 Å². The van der Waals surface area contributed by atoms with Crippen LogP contribution in [0.1, 0.15) is 45.1 Å². The Kier molecular flexibility index (Phi) is 4.82. The van der Waals surface area contributed by atoms with Crippen molar-refractivity contribution in [2.75, 3.05) is 7.05 Å². The molecule has 2 atom stereocenters. The number of nitrogens with zero attached hydrogens (tertiary/aromatic N) is 1. The summed E-state index contributed by atoms with van der Waals surface area (Å²) in [4.78, 5) is 2.56. The number of benzene rings is 1. The van der Waals surface area contributed by atoms with Gasteiger partial charge in [-0.2, -0.15) is 0 Å². The summed E-state index contributed by atoms with van der Waals surface area (Å²) >= 11 is 0. The highest BCUT2D eigenvalue weighted by Crippen LogP contribution is 2.32. The van der Waals surface area contributed by atoms with Crippen molar-refractivity contribution in [3.8, 4) is 0 Å². The molecule has 1 aromatic carbocycles. The van der Waals surface area contributed by atoms with Crippen molar-refractivity contribution in [2.24, 2.45) is 11.8 Å². The summed E-state index contributed by atoms with van der Waals surface area (Å²) < 4.78 is 0. The zero-order valence-corrected chi connectivity index (χ0v) is 12.1. The molecule has 0 aromatic heterocycles. The minimum atomic E-state index is 0.784. The topological polar surface area (TPSA) is 3.24 Å². The van der Waals surface area contributed by atoms with Crippen molar-refractivity contribution in [1.82, 2.24) is 4.90 Å². The zero-order chi connectivity index (χ0) is 13.0. The van der Waals surface area contributed by atoms with Crippen LogP contribution in [0.5, 0.6) is 0 Å². The predicted octanol–water partition coefficient (Wildman–Crippen LogP) is 4.33. The minimum absolute atomic E-state index is 0.784. The van der Waals surface area contributed by atoms with E-state index in [0.29, 0.717) is 0 Å². The Morgan fingerprint density at radius 3 is 2.56 bits per heavy atom. The molecule has 1 saturated carbocycles. The second-order valence-corrected chi connectivity index (χ2v) is 6.23. The fraction of sp³-hybridized carbons (Fsp3) is 0.647. The molecule has 0 aliphatic heterocycles. The first-order valence-corrected chi connectivity index (χ1v) is 7.41. The van der Waals surface area contributed by atoms with Crippen LogP contribution >= 0.6 is 0 Å². The highest BCUT2D eigenvalue weighted by Gasteiger charge is 2.26. The standard InChI is InChI=1S/C17H27N/c1-14(2)16-10-7-11-17(12-16)18(3)13-15-8-5-4-6-9-15/h4-6,8-9,14,16-17H,7,10-13H2,1-3H3. The van der Waals surface area contributed by atoms with Crippen molar-refractivity contribution in [2.45, 2.75) is 52.1 Å². The summed E-state index contributed by atoms with van der Waals surface area (Å²) in [5.74, 6) is 1.78. The molecule has 0 heterocycles. The third kappa shape index (κ3) is 3.58. The Morgan fingerprint density at radius 2 is 1.89 bits per heavy atom. The molecule has 100 valence electrons. The quantitative estimate of drug-likeness (QED) is 0.763. The summed E-state index contributed by atoms with van der Waals surface area (Å²) in [5, 5.41) is 0. The SMILES string of the molecule is CC(C)C1CCCC(N(C)Cc2ccccc2)C1. The van der Waals surface area contributed by atoms with Crippen LogP contribution in [0.15, 0.2) is 30.3 Å². The van der Waals surface area contributed by atoms with Gasteiger partial charge in [0, 0.05) is 12.6 Å². The average Bonchev–Trinajstić information content (AvgIpc) is 2.40. The molecule has 0 saturated heterocycles. The van der Waals surface area contributed by atoms with Gasteiger partial charge in [-0.25, -0.2) is 0 Å². The minimum Gasteiger partial charge on any atom is -0.299 e. The molecule has 0 radical (unpaired) electrons. The molecule has 1 aromatic rings. The molecule has 1 aliphatic rings. The molecule has 0 N–H and O–H groups in total. The smallest absolute Gasteiger partial charge is 0.0233 e. The molecule has 1 fully saturated rings. The van der Waals surface area contributed by atoms with Gasteiger partial charge >= 0.3 is 0 Å². The molecule has 0 spiro atoms. The normalized spacial score (nSPS) is 24.7. The lowest BCUT2D eigenvalue weighted by molar-refractivity contribution is 0.132. The molecule has 0 bridgehead atoms. The fourth-order valence-corrected chi connectivity index (χ4v) is 3.21. The first-order chi connectivity index (χ1) is 8.66. The van der Waals surface area contributed by atoms with Crippen LogP contribution < -0.4 is 0 Å². The second-order valence-electron chi connectivity index (χ2n) is 6.23. The predicted molar refractivity (Wildman–Crippen MR) is 78.5 cm³/mol. The van der Waals surface area contributed by atoms with Gasteiger partial charge in [-0.1, -0.05) is 57.0 Å². The maximum atomic E-state index is 2.56. The molecule has 1 aliphatic carbocycles. The van der Waals surface area contributed by atoms with Crippen LogP contribution in [0.2, 0.25) is 0 Å². The Labute approximate surface area is 112 Å². The van der Waals surface area contributed by atoms with E-state index in [1.165, 1.54) is 31.2 Å². The monoisotopic (exact) mass is 245 g/mol. The van der Waals surface area contributed by atoms with E-state index in [-0.39, 0.29) is 0 Å². The van der Waals surface area contributed by atoms with Crippen molar-refractivity contribution in [1.29, 1.82) is 0 Å². The summed E-state index contributed by atoms with van der Waals surface area (Å²) in [5.41, 5.74) is 1.44. The molecule has 0 amide bonds. The molecule has 2 rings (SSSR count). The molecule has 18 heavy (non-hydrogen) atoms. The zero-order valence-electron chi connectivity index (χ0n) is 12.1. The largest absolute Gasteiger partial charge is 0.299 e. The van der Waals surface area contributed by atoms with E-state index in [2.05, 4.69) is 56.1 Å². The summed E-state index contributed by atoms with van der Waals surface area (Å²) in [6.07, 6.45) is 5.62. The van der Waals surface area contributed by atoms with E-state index in [9.17, 15) is 0 Å². The summed E-state index contributed by atoms with van der Waals surface area (Å²) in [6, 6.07) is 11.6. The number of rotatable bonds is 4. The summed E-state index contributed by atoms with van der Waals surface area (Å²) in [7, 11) is 2.29. The van der Waals surface area contributed by atoms with Crippen LogP contribution in [0.25, 0.3) is 0 Å². The maximum Gasteiger partial charge on any atom is 0.0233 e. The van der Waals surface area contributed by atoms with Gasteiger partial charge < -0.3 is 0 Å². The van der Waals surface area contributed by atoms with Gasteiger partial charge in [0.15, 0.2) is 0 Å². The lowest BCUT2D eigenvalue weighted by Crippen LogP contribution is -2.36. The van der Waals surface area contributed by atoms with Crippen molar-refractivity contribution < 1.29 is 0 Å². The highest BCUT2D eigenvalue weighted by atomic mass is 15.1. The van der Waals surface area contributed by atoms with Crippen molar-refractivity contribution in [3.05, 3.63) is 35.9 Å². The van der Waals surface area contributed by atoms with Crippen molar-refractivity contribution >= 4 is 0 Å². The third-order valence-electron chi connectivity index (χ3n) is 4.53. The highest BCUT2D eigenvalue weighted by molar-refractivity contribution is 5.14. The average molecular weight is 245 g/mol. The Morgan fingerprint density at radius 1 is 1.17 bits per heavy atom. The van der Waals surface area contributed by atoms with Gasteiger partial charge in [-0.3, -0.25) is 4.90 Å². The van der Waals surface area contributed by atoms with Gasteiger partial charge in [0.1, 0.15) is 0 Å². The Bertz CT molecular complexity index is 344. The lowest BCUT2D eigenvalue weighted by Gasteiger charge is -2.37. The maximum absolute atomic E-state index is 2.56. The van der Waals surface area contributed by atoms with Crippen molar-refractivity contribution in [3.63, 3.8) is 0 Å². The van der Waals surface area contributed by atoms with Crippen LogP contribution in [-0.2, 0) is 6.54 Å². The van der Waals surface area contributed by atoms with Gasteiger partial charge in [-0.05, 0) is 37.3 Å². The van der Waals surface area contributed by atoms with Gasteiger partial charge in [-0.15, -0.1) is 0 Å². The van der Waals surface area contributed by atoms with E-state index >= 15 is 0 Å². The van der Waals surface area contributed by atoms with E-state index in [1.807, 2.05) is 0 Å². The first-order valence-electron chi connectivity index (χ1n) is 7.41. The van der Waals surface area contributed by atoms with E-state index in [0.717, 1.165) is 24.4 Å². The van der Waals surface area contributed by atoms with Crippen LogP contribution in [0.3, 0.4) is 0 Å². The van der Waals surface area contributed by atoms with Crippen LogP contribution in [0, 0.1) is 11.8 Å². The molecule has 1 heteroatoms. The van der Waals surface area contributed by atoms with Crippen LogP contribution in [-0.4, -0.2) is 18.0 Å². The molecule has 1 nitrogen and oxygen atoms in total. The lowest BCUT2D eigenvalue weighted by atomic mass is 9.79. The van der Waals surface area contributed by atoms with Gasteiger partial charge in [0.25, 0.3) is 0 Å². The molecular formula is C17H27N. The number of hydrogen-bond donors (Lipinski definition) is 0. The van der Waals surface area contributed by atoms with E-state index < -0.39 is 0 Å². The van der Waals surface area contributed by atoms with Gasteiger partial charge in [0.05, 0.1) is 0 Å². The van der Waals surface area contributed by atoms with Gasteiger partial charge in [0.2, 0.25) is 0 Å². The Hall–Kier alpha value is -0.820. The number of hydrogen-bond acceptors (Lipinski definition) is 1. The first kappa shape index (κ1) is 13.6. The third-order valence-corrected chi connectivity index (χ3v) is 4.53. The fourth-order valence-electron chi connectivity index (χ4n) is 3.21. The van der Waals surface area contributed by atoms with Crippen LogP contribution in [0.4, 0.5) is 0 Å². The van der Waals surface area contributed by atoms with E-state index in [1.54, 1.807) is 0 Å². The Balaban J connectivity index is 1.90. The summed E-state index contributed by atoms with van der Waals surface area (Å²) in [6.45, 7) is 5.85. The second kappa shape index (κ2) is 6.38.